The fourth-order valence-corrected chi connectivity index (χ4v) is 1.98. The van der Waals surface area contributed by atoms with Gasteiger partial charge in [-0.25, -0.2) is 0 Å². The van der Waals surface area contributed by atoms with E-state index in [0.717, 1.165) is 5.69 Å². The van der Waals surface area contributed by atoms with Crippen LogP contribution in [0.3, 0.4) is 0 Å². The number of benzene rings is 2. The number of nitrogens with zero attached hydrogens (tertiary/aromatic N) is 2. The van der Waals surface area contributed by atoms with Gasteiger partial charge in [-0.3, -0.25) is 4.79 Å². The lowest BCUT2D eigenvalue weighted by Gasteiger charge is -2.18. The molecule has 0 unspecified atom stereocenters. The van der Waals surface area contributed by atoms with Gasteiger partial charge in [0, 0.05) is 25.7 Å². The summed E-state index contributed by atoms with van der Waals surface area (Å²) < 4.78 is 0. The SMILES string of the molecule is CN(CCC(=O)Nc1ccccc1C#N)c1ccccc1. The molecule has 0 radical (unpaired) electrons. The van der Waals surface area contributed by atoms with Crippen LogP contribution in [-0.4, -0.2) is 19.5 Å². The number of hydrogen-bond donors (Lipinski definition) is 1. The lowest BCUT2D eigenvalue weighted by Crippen LogP contribution is -2.24. The third-order valence-electron chi connectivity index (χ3n) is 3.19. The molecule has 0 aliphatic heterocycles. The van der Waals surface area contributed by atoms with Crippen LogP contribution in [0.4, 0.5) is 11.4 Å². The predicted octanol–water partition coefficient (Wildman–Crippen LogP) is 3.02. The number of amides is 1. The van der Waals surface area contributed by atoms with Crippen molar-refractivity contribution in [3.63, 3.8) is 0 Å². The van der Waals surface area contributed by atoms with Crippen LogP contribution in [0.5, 0.6) is 0 Å². The van der Waals surface area contributed by atoms with Gasteiger partial charge in [0.05, 0.1) is 11.3 Å². The fraction of sp³-hybridized carbons (Fsp3) is 0.176. The molecule has 106 valence electrons. The van der Waals surface area contributed by atoms with Gasteiger partial charge in [-0.15, -0.1) is 0 Å². The number of rotatable bonds is 5. The summed E-state index contributed by atoms with van der Waals surface area (Å²) >= 11 is 0. The molecule has 2 rings (SSSR count). The molecule has 21 heavy (non-hydrogen) atoms. The van der Waals surface area contributed by atoms with Crippen molar-refractivity contribution in [1.82, 2.24) is 0 Å². The minimum absolute atomic E-state index is 0.0968. The van der Waals surface area contributed by atoms with Crippen LogP contribution in [0, 0.1) is 11.3 Å². The van der Waals surface area contributed by atoms with Gasteiger partial charge >= 0.3 is 0 Å². The van der Waals surface area contributed by atoms with Crippen molar-refractivity contribution in [1.29, 1.82) is 5.26 Å². The van der Waals surface area contributed by atoms with Crippen molar-refractivity contribution < 1.29 is 4.79 Å². The lowest BCUT2D eigenvalue weighted by atomic mass is 10.2. The second-order valence-corrected chi connectivity index (χ2v) is 4.71. The summed E-state index contributed by atoms with van der Waals surface area (Å²) in [4.78, 5) is 14.0. The topological polar surface area (TPSA) is 56.1 Å². The number of hydrogen-bond acceptors (Lipinski definition) is 3. The smallest absolute Gasteiger partial charge is 0.226 e. The molecule has 0 heterocycles. The van der Waals surface area contributed by atoms with Crippen LogP contribution >= 0.6 is 0 Å². The maximum absolute atomic E-state index is 12.0. The van der Waals surface area contributed by atoms with Crippen LogP contribution in [0.25, 0.3) is 0 Å². The molecule has 2 aromatic rings. The van der Waals surface area contributed by atoms with Gasteiger partial charge in [0.25, 0.3) is 0 Å². The molecule has 0 bridgehead atoms. The first-order valence-corrected chi connectivity index (χ1v) is 6.76. The maximum atomic E-state index is 12.0. The number of para-hydroxylation sites is 2. The van der Waals surface area contributed by atoms with Crippen LogP contribution in [0.2, 0.25) is 0 Å². The standard InChI is InChI=1S/C17H17N3O/c1-20(15-8-3-2-4-9-15)12-11-17(21)19-16-10-6-5-7-14(16)13-18/h2-10H,11-12H2,1H3,(H,19,21). The van der Waals surface area contributed by atoms with Crippen LogP contribution in [-0.2, 0) is 4.79 Å². The average Bonchev–Trinajstić information content (AvgIpc) is 2.54. The molecule has 0 aliphatic rings. The quantitative estimate of drug-likeness (QED) is 0.915. The van der Waals surface area contributed by atoms with E-state index in [1.165, 1.54) is 0 Å². The van der Waals surface area contributed by atoms with Crippen molar-refractivity contribution in [2.24, 2.45) is 0 Å². The van der Waals surface area contributed by atoms with E-state index < -0.39 is 0 Å². The van der Waals surface area contributed by atoms with Crippen LogP contribution in [0.1, 0.15) is 12.0 Å². The van der Waals surface area contributed by atoms with Crippen molar-refractivity contribution in [2.75, 3.05) is 23.8 Å². The molecular formula is C17H17N3O. The first-order valence-electron chi connectivity index (χ1n) is 6.76. The molecule has 0 spiro atoms. The van der Waals surface area contributed by atoms with Gasteiger partial charge < -0.3 is 10.2 Å². The largest absolute Gasteiger partial charge is 0.374 e. The molecule has 0 fully saturated rings. The highest BCUT2D eigenvalue weighted by atomic mass is 16.1. The summed E-state index contributed by atoms with van der Waals surface area (Å²) in [5.74, 6) is -0.0968. The van der Waals surface area contributed by atoms with E-state index >= 15 is 0 Å². The second kappa shape index (κ2) is 7.11. The number of carbonyl (C=O) groups excluding carboxylic acids is 1. The van der Waals surface area contributed by atoms with Gasteiger partial charge in [0.2, 0.25) is 5.91 Å². The molecule has 0 saturated heterocycles. The van der Waals surface area contributed by atoms with E-state index in [4.69, 9.17) is 5.26 Å². The van der Waals surface area contributed by atoms with Gasteiger partial charge in [-0.2, -0.15) is 5.26 Å². The minimum atomic E-state index is -0.0968. The summed E-state index contributed by atoms with van der Waals surface area (Å²) in [6.07, 6.45) is 0.366. The van der Waals surface area contributed by atoms with Gasteiger partial charge in [0.15, 0.2) is 0 Å². The Morgan fingerprint density at radius 1 is 1.14 bits per heavy atom. The van der Waals surface area contributed by atoms with Crippen molar-refractivity contribution in [3.8, 4) is 6.07 Å². The predicted molar refractivity (Wildman–Crippen MR) is 84.1 cm³/mol. The first kappa shape index (κ1) is 14.6. The van der Waals surface area contributed by atoms with Gasteiger partial charge in [0.1, 0.15) is 6.07 Å². The Morgan fingerprint density at radius 2 is 1.81 bits per heavy atom. The van der Waals surface area contributed by atoms with Crippen LogP contribution < -0.4 is 10.2 Å². The van der Waals surface area contributed by atoms with E-state index in [0.29, 0.717) is 24.2 Å². The molecule has 2 aromatic carbocycles. The Bertz CT molecular complexity index is 647. The van der Waals surface area contributed by atoms with E-state index in [-0.39, 0.29) is 5.91 Å². The molecule has 1 amide bonds. The molecule has 0 saturated carbocycles. The number of nitriles is 1. The summed E-state index contributed by atoms with van der Waals surface area (Å²) in [7, 11) is 1.95. The van der Waals surface area contributed by atoms with E-state index in [1.54, 1.807) is 24.3 Å². The zero-order valence-electron chi connectivity index (χ0n) is 11.9. The third-order valence-corrected chi connectivity index (χ3v) is 3.19. The highest BCUT2D eigenvalue weighted by Crippen LogP contribution is 2.14. The van der Waals surface area contributed by atoms with Gasteiger partial charge in [-0.1, -0.05) is 30.3 Å². The van der Waals surface area contributed by atoms with Crippen LogP contribution in [0.15, 0.2) is 54.6 Å². The van der Waals surface area contributed by atoms with E-state index in [2.05, 4.69) is 11.4 Å². The first-order chi connectivity index (χ1) is 10.2. The zero-order chi connectivity index (χ0) is 15.1. The fourth-order valence-electron chi connectivity index (χ4n) is 1.98. The summed E-state index contributed by atoms with van der Waals surface area (Å²) in [6.45, 7) is 0.616. The maximum Gasteiger partial charge on any atom is 0.226 e. The highest BCUT2D eigenvalue weighted by Gasteiger charge is 2.08. The number of carbonyl (C=O) groups is 1. The normalized spacial score (nSPS) is 9.71. The minimum Gasteiger partial charge on any atom is -0.374 e. The summed E-state index contributed by atoms with van der Waals surface area (Å²) in [5, 5.41) is 11.8. The molecule has 1 N–H and O–H groups in total. The second-order valence-electron chi connectivity index (χ2n) is 4.71. The third kappa shape index (κ3) is 4.08. The molecule has 0 atom stereocenters. The Hall–Kier alpha value is -2.80. The summed E-state index contributed by atoms with van der Waals surface area (Å²) in [6, 6.07) is 19.0. The summed E-state index contributed by atoms with van der Waals surface area (Å²) in [5.41, 5.74) is 2.11. The highest BCUT2D eigenvalue weighted by molar-refractivity contribution is 5.92. The molecule has 4 nitrogen and oxygen atoms in total. The molecule has 0 aromatic heterocycles. The van der Waals surface area contributed by atoms with Crippen molar-refractivity contribution in [3.05, 3.63) is 60.2 Å². The van der Waals surface area contributed by atoms with E-state index in [1.807, 2.05) is 42.3 Å². The zero-order valence-corrected chi connectivity index (χ0v) is 11.9. The number of nitrogens with one attached hydrogen (secondary N) is 1. The lowest BCUT2D eigenvalue weighted by molar-refractivity contribution is -0.116. The van der Waals surface area contributed by atoms with E-state index in [9.17, 15) is 4.79 Å². The Labute approximate surface area is 124 Å². The molecule has 4 heteroatoms. The number of anilines is 2. The Morgan fingerprint density at radius 3 is 2.52 bits per heavy atom. The Balaban J connectivity index is 1.90. The monoisotopic (exact) mass is 279 g/mol. The van der Waals surface area contributed by atoms with Gasteiger partial charge in [-0.05, 0) is 24.3 Å². The molecule has 0 aliphatic carbocycles. The average molecular weight is 279 g/mol. The molecular weight excluding hydrogens is 262 g/mol. The Kier molecular flexibility index (Phi) is 4.94. The van der Waals surface area contributed by atoms with Crippen molar-refractivity contribution >= 4 is 17.3 Å². The van der Waals surface area contributed by atoms with Crippen molar-refractivity contribution in [2.45, 2.75) is 6.42 Å².